The Balaban J connectivity index is 2.04. The number of rotatable bonds is 5. The lowest BCUT2D eigenvalue weighted by atomic mass is 10.0. The maximum Gasteiger partial charge on any atom is 0.271 e. The van der Waals surface area contributed by atoms with Gasteiger partial charge in [-0.15, -0.1) is 0 Å². The van der Waals surface area contributed by atoms with Crippen molar-refractivity contribution in [3.05, 3.63) is 33.3 Å². The van der Waals surface area contributed by atoms with Gasteiger partial charge in [0, 0.05) is 31.6 Å². The van der Waals surface area contributed by atoms with E-state index >= 15 is 0 Å². The van der Waals surface area contributed by atoms with Gasteiger partial charge >= 0.3 is 0 Å². The molecule has 0 aromatic heterocycles. The number of hydrogen-bond acceptors (Lipinski definition) is 5. The summed E-state index contributed by atoms with van der Waals surface area (Å²) in [5.74, 6) is -0.391. The molecule has 0 aliphatic carbocycles. The number of nitrogens with one attached hydrogen (secondary N) is 2. The lowest BCUT2D eigenvalue weighted by molar-refractivity contribution is -0.384. The second-order valence-electron chi connectivity index (χ2n) is 6.12. The average molecular weight is 369 g/mol. The van der Waals surface area contributed by atoms with Crippen molar-refractivity contribution in [2.75, 3.05) is 18.4 Å². The van der Waals surface area contributed by atoms with E-state index in [1.807, 2.05) is 4.90 Å². The lowest BCUT2D eigenvalue weighted by Gasteiger charge is -2.36. The Morgan fingerprint density at radius 1 is 1.44 bits per heavy atom. The van der Waals surface area contributed by atoms with Crippen molar-refractivity contribution in [3.8, 4) is 0 Å². The Hall–Kier alpha value is -2.19. The maximum absolute atomic E-state index is 12.5. The highest BCUT2D eigenvalue weighted by atomic mass is 35.5. The number of carbonyl (C=O) groups excluding carboxylic acids is 2. The number of anilines is 1. The Labute approximate surface area is 150 Å². The van der Waals surface area contributed by atoms with Crippen LogP contribution in [0, 0.1) is 10.1 Å². The Morgan fingerprint density at radius 2 is 2.16 bits per heavy atom. The zero-order valence-corrected chi connectivity index (χ0v) is 14.9. The van der Waals surface area contributed by atoms with Crippen LogP contribution < -0.4 is 10.6 Å². The smallest absolute Gasteiger partial charge is 0.271 e. The van der Waals surface area contributed by atoms with E-state index in [1.165, 1.54) is 25.1 Å². The van der Waals surface area contributed by atoms with Crippen LogP contribution >= 0.6 is 11.6 Å². The quantitative estimate of drug-likeness (QED) is 0.612. The van der Waals surface area contributed by atoms with Gasteiger partial charge in [0.05, 0.1) is 21.7 Å². The van der Waals surface area contributed by atoms with Crippen LogP contribution in [-0.2, 0) is 9.59 Å². The Kier molecular flexibility index (Phi) is 6.33. The number of likely N-dealkylation sites (tertiary alicyclic amines) is 1. The molecule has 136 valence electrons. The van der Waals surface area contributed by atoms with Crippen molar-refractivity contribution >= 4 is 34.8 Å². The largest absolute Gasteiger partial charge is 0.352 e. The van der Waals surface area contributed by atoms with Gasteiger partial charge in [-0.2, -0.15) is 0 Å². The van der Waals surface area contributed by atoms with Crippen molar-refractivity contribution in [2.24, 2.45) is 0 Å². The number of halogens is 1. The van der Waals surface area contributed by atoms with E-state index in [0.29, 0.717) is 6.54 Å². The van der Waals surface area contributed by atoms with Gasteiger partial charge in [0.1, 0.15) is 0 Å². The molecule has 1 heterocycles. The molecule has 2 amide bonds. The van der Waals surface area contributed by atoms with E-state index in [0.717, 1.165) is 19.4 Å². The number of nitrogens with zero attached hydrogens (tertiary/aromatic N) is 2. The van der Waals surface area contributed by atoms with Gasteiger partial charge < -0.3 is 10.6 Å². The summed E-state index contributed by atoms with van der Waals surface area (Å²) in [6.07, 6.45) is 1.75. The summed E-state index contributed by atoms with van der Waals surface area (Å²) >= 11 is 6.02. The second-order valence-corrected chi connectivity index (χ2v) is 6.53. The zero-order valence-electron chi connectivity index (χ0n) is 14.1. The molecular weight excluding hydrogens is 348 g/mol. The molecule has 1 aliphatic heterocycles. The maximum atomic E-state index is 12.5. The predicted molar refractivity (Wildman–Crippen MR) is 94.6 cm³/mol. The van der Waals surface area contributed by atoms with Crippen LogP contribution in [0.4, 0.5) is 11.4 Å². The number of nitro groups is 1. The van der Waals surface area contributed by atoms with Crippen LogP contribution in [-0.4, -0.2) is 46.8 Å². The van der Waals surface area contributed by atoms with Gasteiger partial charge in [0.15, 0.2) is 0 Å². The van der Waals surface area contributed by atoms with Crippen LogP contribution in [0.5, 0.6) is 0 Å². The minimum Gasteiger partial charge on any atom is -0.352 e. The lowest BCUT2D eigenvalue weighted by Crippen LogP contribution is -2.52. The van der Waals surface area contributed by atoms with Gasteiger partial charge in [-0.05, 0) is 32.4 Å². The minimum atomic E-state index is -0.544. The zero-order chi connectivity index (χ0) is 18.6. The Bertz CT molecular complexity index is 682. The topological polar surface area (TPSA) is 105 Å². The molecule has 25 heavy (non-hydrogen) atoms. The third kappa shape index (κ3) is 5.14. The van der Waals surface area contributed by atoms with Gasteiger partial charge in [-0.1, -0.05) is 11.6 Å². The molecular formula is C16H21ClN4O4. The second kappa shape index (κ2) is 8.26. The molecule has 9 heteroatoms. The van der Waals surface area contributed by atoms with E-state index in [-0.39, 0.29) is 34.3 Å². The van der Waals surface area contributed by atoms with E-state index in [2.05, 4.69) is 10.6 Å². The number of amides is 2. The molecule has 1 aromatic carbocycles. The highest BCUT2D eigenvalue weighted by molar-refractivity contribution is 6.33. The van der Waals surface area contributed by atoms with Gasteiger partial charge in [0.2, 0.25) is 11.8 Å². The summed E-state index contributed by atoms with van der Waals surface area (Å²) in [6.45, 7) is 4.56. The summed E-state index contributed by atoms with van der Waals surface area (Å²) in [6, 6.07) is 3.47. The van der Waals surface area contributed by atoms with Crippen LogP contribution in [0.15, 0.2) is 18.2 Å². The molecule has 0 bridgehead atoms. The summed E-state index contributed by atoms with van der Waals surface area (Å²) < 4.78 is 0. The van der Waals surface area contributed by atoms with Crippen molar-refractivity contribution < 1.29 is 14.5 Å². The third-order valence-electron chi connectivity index (χ3n) is 4.21. The summed E-state index contributed by atoms with van der Waals surface area (Å²) in [5, 5.41) is 16.6. The predicted octanol–water partition coefficient (Wildman–Crippen LogP) is 2.18. The van der Waals surface area contributed by atoms with Gasteiger partial charge in [-0.3, -0.25) is 24.6 Å². The normalized spacial score (nSPS) is 19.1. The molecule has 1 saturated heterocycles. The summed E-state index contributed by atoms with van der Waals surface area (Å²) in [4.78, 5) is 36.0. The first-order valence-electron chi connectivity index (χ1n) is 8.04. The molecule has 1 aliphatic rings. The number of benzene rings is 1. The third-order valence-corrected chi connectivity index (χ3v) is 4.54. The molecule has 1 fully saturated rings. The fourth-order valence-electron chi connectivity index (χ4n) is 2.89. The molecule has 1 aromatic rings. The molecule has 2 rings (SSSR count). The van der Waals surface area contributed by atoms with Crippen molar-refractivity contribution in [2.45, 2.75) is 38.8 Å². The number of hydrogen-bond donors (Lipinski definition) is 2. The summed E-state index contributed by atoms with van der Waals surface area (Å²) in [5.41, 5.74) is 0.0687. The monoisotopic (exact) mass is 368 g/mol. The van der Waals surface area contributed by atoms with Crippen molar-refractivity contribution in [3.63, 3.8) is 0 Å². The fourth-order valence-corrected chi connectivity index (χ4v) is 3.05. The van der Waals surface area contributed by atoms with Gasteiger partial charge in [-0.25, -0.2) is 0 Å². The average Bonchev–Trinajstić information content (AvgIpc) is 2.55. The number of non-ortho nitro benzene ring substituents is 1. The van der Waals surface area contributed by atoms with E-state index in [9.17, 15) is 19.7 Å². The standard InChI is InChI=1S/C16H21ClN4O4/c1-10(20-7-3-4-12(9-20)18-11(2)22)16(23)19-15-8-13(21(24)25)5-6-14(15)17/h5-6,8,10,12H,3-4,7,9H2,1-2H3,(H,18,22)(H,19,23). The molecule has 0 radical (unpaired) electrons. The number of carbonyl (C=O) groups is 2. The van der Waals surface area contributed by atoms with E-state index in [4.69, 9.17) is 11.6 Å². The Morgan fingerprint density at radius 3 is 2.80 bits per heavy atom. The highest BCUT2D eigenvalue weighted by Gasteiger charge is 2.28. The van der Waals surface area contributed by atoms with E-state index < -0.39 is 11.0 Å². The van der Waals surface area contributed by atoms with Crippen LogP contribution in [0.3, 0.4) is 0 Å². The molecule has 2 unspecified atom stereocenters. The molecule has 2 atom stereocenters. The van der Waals surface area contributed by atoms with Crippen LogP contribution in [0.1, 0.15) is 26.7 Å². The van der Waals surface area contributed by atoms with Gasteiger partial charge in [0.25, 0.3) is 5.69 Å². The number of nitro benzene ring substituents is 1. The SMILES string of the molecule is CC(=O)NC1CCCN(C(C)C(=O)Nc2cc([N+](=O)[O-])ccc2Cl)C1. The van der Waals surface area contributed by atoms with E-state index in [1.54, 1.807) is 6.92 Å². The molecule has 0 spiro atoms. The van der Waals surface area contributed by atoms with Crippen LogP contribution in [0.2, 0.25) is 5.02 Å². The van der Waals surface area contributed by atoms with Crippen LogP contribution in [0.25, 0.3) is 0 Å². The number of piperidine rings is 1. The fraction of sp³-hybridized carbons (Fsp3) is 0.500. The molecule has 0 saturated carbocycles. The van der Waals surface area contributed by atoms with Crippen molar-refractivity contribution in [1.82, 2.24) is 10.2 Å². The molecule has 2 N–H and O–H groups in total. The first-order chi connectivity index (χ1) is 11.8. The first kappa shape index (κ1) is 19.1. The first-order valence-corrected chi connectivity index (χ1v) is 8.41. The molecule has 8 nitrogen and oxygen atoms in total. The van der Waals surface area contributed by atoms with Crippen molar-refractivity contribution in [1.29, 1.82) is 0 Å². The minimum absolute atomic E-state index is 0.0166. The highest BCUT2D eigenvalue weighted by Crippen LogP contribution is 2.27. The summed E-state index contributed by atoms with van der Waals surface area (Å²) in [7, 11) is 0.